The van der Waals surface area contributed by atoms with Crippen molar-refractivity contribution >= 4 is 5.91 Å². The van der Waals surface area contributed by atoms with Crippen LogP contribution in [0.3, 0.4) is 0 Å². The fraction of sp³-hybridized carbons (Fsp3) is 0.667. The number of hydrogen-bond donors (Lipinski definition) is 0. The van der Waals surface area contributed by atoms with Crippen molar-refractivity contribution < 1.29 is 9.53 Å². The second-order valence-electron chi connectivity index (χ2n) is 6.98. The lowest BCUT2D eigenvalue weighted by atomic mass is 9.96. The number of fused-ring (bicyclic) bond motifs is 2. The number of nitrogens with zero attached hydrogens (tertiary/aromatic N) is 4. The van der Waals surface area contributed by atoms with Crippen molar-refractivity contribution in [1.29, 1.82) is 0 Å². The van der Waals surface area contributed by atoms with E-state index in [0.717, 1.165) is 58.8 Å². The molecule has 1 spiro atoms. The first-order valence-electron chi connectivity index (χ1n) is 9.02. The van der Waals surface area contributed by atoms with Crippen LogP contribution in [0.25, 0.3) is 0 Å². The lowest BCUT2D eigenvalue weighted by Crippen LogP contribution is -2.61. The van der Waals surface area contributed by atoms with Gasteiger partial charge in [-0.3, -0.25) is 19.6 Å². The second kappa shape index (κ2) is 6.43. The molecular formula is C18H26N4O2. The summed E-state index contributed by atoms with van der Waals surface area (Å²) in [6.07, 6.45) is 5.55. The maximum atomic E-state index is 13.0. The SMILES string of the molecule is CCN1C(=O)[C@H]2CN(Cc3ccncc3)CCN2C12CCOCC2. The fourth-order valence-electron chi connectivity index (χ4n) is 4.68. The van der Waals surface area contributed by atoms with E-state index in [-0.39, 0.29) is 11.7 Å². The minimum absolute atomic E-state index is 0.00126. The first kappa shape index (κ1) is 16.0. The molecule has 1 amide bonds. The minimum atomic E-state index is -0.0997. The molecule has 0 saturated carbocycles. The van der Waals surface area contributed by atoms with Gasteiger partial charge in [0.15, 0.2) is 0 Å². The number of ether oxygens (including phenoxy) is 1. The van der Waals surface area contributed by atoms with Crippen LogP contribution in [0.2, 0.25) is 0 Å². The Morgan fingerprint density at radius 2 is 2.00 bits per heavy atom. The largest absolute Gasteiger partial charge is 0.381 e. The monoisotopic (exact) mass is 330 g/mol. The van der Waals surface area contributed by atoms with Gasteiger partial charge < -0.3 is 9.64 Å². The zero-order chi connectivity index (χ0) is 16.6. The van der Waals surface area contributed by atoms with Crippen molar-refractivity contribution in [3.8, 4) is 0 Å². The van der Waals surface area contributed by atoms with Crippen LogP contribution in [0.5, 0.6) is 0 Å². The standard InChI is InChI=1S/C18H26N4O2/c1-2-21-17(23)16-14-20(13-15-3-7-19-8-4-15)9-10-22(16)18(21)5-11-24-12-6-18/h3-4,7-8,16H,2,5-6,9-14H2,1H3/t16-/m1/s1. The topological polar surface area (TPSA) is 48.9 Å². The average molecular weight is 330 g/mol. The molecule has 1 aromatic heterocycles. The number of carbonyl (C=O) groups is 1. The Bertz CT molecular complexity index is 588. The molecule has 6 nitrogen and oxygen atoms in total. The molecule has 3 fully saturated rings. The molecule has 0 bridgehead atoms. The van der Waals surface area contributed by atoms with Gasteiger partial charge in [-0.15, -0.1) is 0 Å². The van der Waals surface area contributed by atoms with Crippen molar-refractivity contribution in [1.82, 2.24) is 19.7 Å². The molecule has 0 aromatic carbocycles. The summed E-state index contributed by atoms with van der Waals surface area (Å²) in [4.78, 5) is 24.1. The zero-order valence-corrected chi connectivity index (χ0v) is 14.4. The lowest BCUT2D eigenvalue weighted by molar-refractivity contribution is -0.135. The molecule has 6 heteroatoms. The summed E-state index contributed by atoms with van der Waals surface area (Å²) < 4.78 is 5.58. The third kappa shape index (κ3) is 2.53. The molecule has 4 heterocycles. The number of pyridine rings is 1. The van der Waals surface area contributed by atoms with Crippen LogP contribution in [0.15, 0.2) is 24.5 Å². The van der Waals surface area contributed by atoms with Gasteiger partial charge in [0.25, 0.3) is 0 Å². The van der Waals surface area contributed by atoms with Gasteiger partial charge >= 0.3 is 0 Å². The van der Waals surface area contributed by atoms with E-state index in [1.54, 1.807) is 0 Å². The van der Waals surface area contributed by atoms with E-state index in [9.17, 15) is 4.79 Å². The molecular weight excluding hydrogens is 304 g/mol. The first-order chi connectivity index (χ1) is 11.7. The third-order valence-corrected chi connectivity index (χ3v) is 5.82. The summed E-state index contributed by atoms with van der Waals surface area (Å²) >= 11 is 0. The van der Waals surface area contributed by atoms with E-state index >= 15 is 0 Å². The summed E-state index contributed by atoms with van der Waals surface area (Å²) in [5, 5.41) is 0. The van der Waals surface area contributed by atoms with E-state index in [1.807, 2.05) is 12.4 Å². The highest BCUT2D eigenvalue weighted by molar-refractivity contribution is 5.85. The number of hydrogen-bond acceptors (Lipinski definition) is 5. The van der Waals surface area contributed by atoms with Crippen LogP contribution in [-0.2, 0) is 16.1 Å². The van der Waals surface area contributed by atoms with Crippen LogP contribution in [-0.4, -0.2) is 76.7 Å². The summed E-state index contributed by atoms with van der Waals surface area (Å²) in [6.45, 7) is 8.08. The van der Waals surface area contributed by atoms with E-state index < -0.39 is 0 Å². The van der Waals surface area contributed by atoms with Crippen molar-refractivity contribution in [2.45, 2.75) is 38.0 Å². The number of piperazine rings is 1. The van der Waals surface area contributed by atoms with Gasteiger partial charge in [0.05, 0.1) is 13.2 Å². The Morgan fingerprint density at radius 1 is 1.25 bits per heavy atom. The van der Waals surface area contributed by atoms with Gasteiger partial charge in [0, 0.05) is 58.0 Å². The molecule has 3 aliphatic heterocycles. The maximum absolute atomic E-state index is 13.0. The van der Waals surface area contributed by atoms with Gasteiger partial charge in [-0.1, -0.05) is 0 Å². The Morgan fingerprint density at radius 3 is 2.71 bits per heavy atom. The normalized spacial score (nSPS) is 27.6. The Kier molecular flexibility index (Phi) is 4.28. The van der Waals surface area contributed by atoms with Gasteiger partial charge in [-0.2, -0.15) is 0 Å². The minimum Gasteiger partial charge on any atom is -0.381 e. The van der Waals surface area contributed by atoms with Crippen LogP contribution in [0.4, 0.5) is 0 Å². The predicted molar refractivity (Wildman–Crippen MR) is 90.2 cm³/mol. The molecule has 0 radical (unpaired) electrons. The van der Waals surface area contributed by atoms with E-state index in [1.165, 1.54) is 5.56 Å². The number of likely N-dealkylation sites (N-methyl/N-ethyl adjacent to an activating group) is 1. The quantitative estimate of drug-likeness (QED) is 0.825. The highest BCUT2D eigenvalue weighted by Crippen LogP contribution is 2.41. The number of aromatic nitrogens is 1. The van der Waals surface area contributed by atoms with Crippen LogP contribution < -0.4 is 0 Å². The smallest absolute Gasteiger partial charge is 0.242 e. The van der Waals surface area contributed by atoms with Crippen LogP contribution in [0, 0.1) is 0 Å². The Labute approximate surface area is 143 Å². The Balaban J connectivity index is 1.53. The van der Waals surface area contributed by atoms with Crippen molar-refractivity contribution in [2.24, 2.45) is 0 Å². The highest BCUT2D eigenvalue weighted by Gasteiger charge is 2.57. The average Bonchev–Trinajstić information content (AvgIpc) is 2.84. The van der Waals surface area contributed by atoms with E-state index in [0.29, 0.717) is 5.91 Å². The number of carbonyl (C=O) groups excluding carboxylic acids is 1. The highest BCUT2D eigenvalue weighted by atomic mass is 16.5. The fourth-order valence-corrected chi connectivity index (χ4v) is 4.68. The molecule has 0 aliphatic carbocycles. The lowest BCUT2D eigenvalue weighted by Gasteiger charge is -2.48. The third-order valence-electron chi connectivity index (χ3n) is 5.82. The molecule has 1 atom stereocenters. The molecule has 4 rings (SSSR count). The van der Waals surface area contributed by atoms with Crippen LogP contribution in [0.1, 0.15) is 25.3 Å². The molecule has 0 N–H and O–H groups in total. The van der Waals surface area contributed by atoms with Gasteiger partial charge in [0.2, 0.25) is 5.91 Å². The van der Waals surface area contributed by atoms with Crippen LogP contribution >= 0.6 is 0 Å². The first-order valence-corrected chi connectivity index (χ1v) is 9.02. The van der Waals surface area contributed by atoms with Gasteiger partial charge in [-0.05, 0) is 24.6 Å². The second-order valence-corrected chi connectivity index (χ2v) is 6.98. The zero-order valence-electron chi connectivity index (χ0n) is 14.4. The molecule has 3 aliphatic rings. The van der Waals surface area contributed by atoms with Crippen molar-refractivity contribution in [2.75, 3.05) is 39.4 Å². The molecule has 3 saturated heterocycles. The predicted octanol–water partition coefficient (Wildman–Crippen LogP) is 0.937. The molecule has 1 aromatic rings. The van der Waals surface area contributed by atoms with E-state index in [4.69, 9.17) is 4.74 Å². The Hall–Kier alpha value is -1.50. The molecule has 0 unspecified atom stereocenters. The maximum Gasteiger partial charge on any atom is 0.242 e. The van der Waals surface area contributed by atoms with E-state index in [2.05, 4.69) is 38.7 Å². The number of amides is 1. The van der Waals surface area contributed by atoms with Gasteiger partial charge in [-0.25, -0.2) is 0 Å². The van der Waals surface area contributed by atoms with Crippen molar-refractivity contribution in [3.05, 3.63) is 30.1 Å². The summed E-state index contributed by atoms with van der Waals surface area (Å²) in [5.74, 6) is 0.304. The van der Waals surface area contributed by atoms with Gasteiger partial charge in [0.1, 0.15) is 11.7 Å². The summed E-state index contributed by atoms with van der Waals surface area (Å²) in [5.41, 5.74) is 1.16. The molecule has 130 valence electrons. The summed E-state index contributed by atoms with van der Waals surface area (Å²) in [7, 11) is 0. The number of rotatable bonds is 3. The van der Waals surface area contributed by atoms with Crippen molar-refractivity contribution in [3.63, 3.8) is 0 Å². The molecule has 24 heavy (non-hydrogen) atoms. The summed E-state index contributed by atoms with van der Waals surface area (Å²) in [6, 6.07) is 4.11.